The van der Waals surface area contributed by atoms with Gasteiger partial charge in [-0.2, -0.15) is 0 Å². The Morgan fingerprint density at radius 2 is 2.10 bits per heavy atom. The standard InChI is InChI=1S/C14H15NO5/c1-8(12(17)18)15-10-5-4-9(7-16)6-11(10)20-14(2,3)13(15)19/h4-8H,1-3H3,(H,17,18). The number of amides is 1. The molecule has 1 heterocycles. The van der Waals surface area contributed by atoms with Gasteiger partial charge in [0.1, 0.15) is 18.1 Å². The van der Waals surface area contributed by atoms with Crippen LogP contribution in [-0.2, 0) is 9.59 Å². The van der Waals surface area contributed by atoms with E-state index in [4.69, 9.17) is 9.84 Å². The molecule has 1 amide bonds. The third kappa shape index (κ3) is 2.13. The fourth-order valence-electron chi connectivity index (χ4n) is 2.10. The Balaban J connectivity index is 2.60. The van der Waals surface area contributed by atoms with E-state index in [0.29, 0.717) is 23.3 Å². The molecule has 0 radical (unpaired) electrons. The van der Waals surface area contributed by atoms with E-state index in [9.17, 15) is 14.4 Å². The van der Waals surface area contributed by atoms with Crippen LogP contribution < -0.4 is 9.64 Å². The van der Waals surface area contributed by atoms with Gasteiger partial charge in [0, 0.05) is 5.56 Å². The van der Waals surface area contributed by atoms with Crippen molar-refractivity contribution >= 4 is 23.9 Å². The number of aldehydes is 1. The molecule has 1 aliphatic heterocycles. The molecule has 0 saturated heterocycles. The van der Waals surface area contributed by atoms with Crippen LogP contribution in [0.3, 0.4) is 0 Å². The number of carbonyl (C=O) groups excluding carboxylic acids is 2. The second-order valence-electron chi connectivity index (χ2n) is 5.15. The SMILES string of the molecule is CC(C(=O)O)N1C(=O)C(C)(C)Oc2cc(C=O)ccc21. The Hall–Kier alpha value is -2.37. The Kier molecular flexibility index (Phi) is 3.25. The molecule has 0 bridgehead atoms. The molecule has 1 aromatic carbocycles. The fourth-order valence-corrected chi connectivity index (χ4v) is 2.10. The van der Waals surface area contributed by atoms with Crippen molar-refractivity contribution in [2.24, 2.45) is 0 Å². The maximum Gasteiger partial charge on any atom is 0.326 e. The summed E-state index contributed by atoms with van der Waals surface area (Å²) in [7, 11) is 0. The highest BCUT2D eigenvalue weighted by molar-refractivity contribution is 6.06. The molecular formula is C14H15NO5. The second kappa shape index (κ2) is 4.63. The van der Waals surface area contributed by atoms with Crippen molar-refractivity contribution in [3.8, 4) is 5.75 Å². The van der Waals surface area contributed by atoms with Gasteiger partial charge in [0.25, 0.3) is 5.91 Å². The quantitative estimate of drug-likeness (QED) is 0.846. The van der Waals surface area contributed by atoms with Crippen LogP contribution in [0.25, 0.3) is 0 Å². The lowest BCUT2D eigenvalue weighted by molar-refractivity contribution is -0.142. The van der Waals surface area contributed by atoms with E-state index < -0.39 is 23.5 Å². The number of hydrogen-bond donors (Lipinski definition) is 1. The third-order valence-electron chi connectivity index (χ3n) is 3.22. The minimum Gasteiger partial charge on any atom is -0.480 e. The molecular weight excluding hydrogens is 262 g/mol. The normalized spacial score (nSPS) is 17.9. The second-order valence-corrected chi connectivity index (χ2v) is 5.15. The van der Waals surface area contributed by atoms with E-state index in [2.05, 4.69) is 0 Å². The van der Waals surface area contributed by atoms with E-state index in [1.165, 1.54) is 30.0 Å². The van der Waals surface area contributed by atoms with Gasteiger partial charge in [0.15, 0.2) is 5.60 Å². The van der Waals surface area contributed by atoms with Crippen LogP contribution >= 0.6 is 0 Å². The average molecular weight is 277 g/mol. The molecule has 0 spiro atoms. The average Bonchev–Trinajstić information content (AvgIpc) is 2.38. The van der Waals surface area contributed by atoms with Gasteiger partial charge in [0.2, 0.25) is 0 Å². The fraction of sp³-hybridized carbons (Fsp3) is 0.357. The monoisotopic (exact) mass is 277 g/mol. The van der Waals surface area contributed by atoms with Crippen LogP contribution in [0.5, 0.6) is 5.75 Å². The molecule has 1 aliphatic rings. The van der Waals surface area contributed by atoms with Crippen molar-refractivity contribution in [3.05, 3.63) is 23.8 Å². The highest BCUT2D eigenvalue weighted by Crippen LogP contribution is 2.39. The highest BCUT2D eigenvalue weighted by Gasteiger charge is 2.44. The summed E-state index contributed by atoms with van der Waals surface area (Å²) in [6.45, 7) is 4.56. The van der Waals surface area contributed by atoms with E-state index in [0.717, 1.165) is 0 Å². The number of carbonyl (C=O) groups is 3. The van der Waals surface area contributed by atoms with Crippen molar-refractivity contribution in [1.82, 2.24) is 0 Å². The molecule has 2 rings (SSSR count). The highest BCUT2D eigenvalue weighted by atomic mass is 16.5. The van der Waals surface area contributed by atoms with Gasteiger partial charge in [-0.05, 0) is 39.0 Å². The predicted molar refractivity (Wildman–Crippen MR) is 71.1 cm³/mol. The number of anilines is 1. The van der Waals surface area contributed by atoms with Crippen LogP contribution in [-0.4, -0.2) is 34.9 Å². The first-order valence-corrected chi connectivity index (χ1v) is 6.12. The number of fused-ring (bicyclic) bond motifs is 1. The molecule has 1 unspecified atom stereocenters. The molecule has 1 aromatic rings. The molecule has 6 heteroatoms. The molecule has 0 fully saturated rings. The van der Waals surface area contributed by atoms with E-state index >= 15 is 0 Å². The van der Waals surface area contributed by atoms with E-state index in [1.54, 1.807) is 13.8 Å². The van der Waals surface area contributed by atoms with Crippen molar-refractivity contribution in [2.45, 2.75) is 32.4 Å². The van der Waals surface area contributed by atoms with Gasteiger partial charge in [-0.25, -0.2) is 4.79 Å². The molecule has 0 aliphatic carbocycles. The zero-order valence-corrected chi connectivity index (χ0v) is 11.4. The first kappa shape index (κ1) is 14.0. The summed E-state index contributed by atoms with van der Waals surface area (Å²) in [6.07, 6.45) is 0.665. The lowest BCUT2D eigenvalue weighted by Crippen LogP contribution is -2.57. The van der Waals surface area contributed by atoms with Crippen molar-refractivity contribution in [3.63, 3.8) is 0 Å². The number of carboxylic acids is 1. The van der Waals surface area contributed by atoms with Crippen LogP contribution in [0.4, 0.5) is 5.69 Å². The summed E-state index contributed by atoms with van der Waals surface area (Å²) >= 11 is 0. The summed E-state index contributed by atoms with van der Waals surface area (Å²) in [5.41, 5.74) is -0.426. The van der Waals surface area contributed by atoms with Crippen LogP contribution in [0.15, 0.2) is 18.2 Å². The maximum atomic E-state index is 12.4. The summed E-state index contributed by atoms with van der Waals surface area (Å²) in [5.74, 6) is -1.22. The Labute approximate surface area is 115 Å². The summed E-state index contributed by atoms with van der Waals surface area (Å²) < 4.78 is 5.59. The van der Waals surface area contributed by atoms with Gasteiger partial charge in [-0.1, -0.05) is 0 Å². The van der Waals surface area contributed by atoms with Crippen molar-refractivity contribution < 1.29 is 24.2 Å². The first-order valence-electron chi connectivity index (χ1n) is 6.12. The van der Waals surface area contributed by atoms with Crippen LogP contribution in [0.2, 0.25) is 0 Å². The third-order valence-corrected chi connectivity index (χ3v) is 3.22. The molecule has 1 atom stereocenters. The number of ether oxygens (including phenoxy) is 1. The Morgan fingerprint density at radius 1 is 1.45 bits per heavy atom. The zero-order valence-electron chi connectivity index (χ0n) is 11.4. The van der Waals surface area contributed by atoms with Gasteiger partial charge >= 0.3 is 5.97 Å². The summed E-state index contributed by atoms with van der Waals surface area (Å²) in [6, 6.07) is 3.51. The predicted octanol–water partition coefficient (Wildman–Crippen LogP) is 1.48. The minimum absolute atomic E-state index is 0.326. The van der Waals surface area contributed by atoms with E-state index in [-0.39, 0.29) is 0 Å². The van der Waals surface area contributed by atoms with Gasteiger partial charge in [-0.15, -0.1) is 0 Å². The number of hydrogen-bond acceptors (Lipinski definition) is 4. The maximum absolute atomic E-state index is 12.4. The molecule has 20 heavy (non-hydrogen) atoms. The van der Waals surface area contributed by atoms with Gasteiger partial charge < -0.3 is 9.84 Å². The summed E-state index contributed by atoms with van der Waals surface area (Å²) in [4.78, 5) is 35.6. The number of benzene rings is 1. The minimum atomic E-state index is -1.18. The molecule has 0 saturated carbocycles. The largest absolute Gasteiger partial charge is 0.480 e. The van der Waals surface area contributed by atoms with Crippen LogP contribution in [0.1, 0.15) is 31.1 Å². The smallest absolute Gasteiger partial charge is 0.326 e. The summed E-state index contributed by atoms with van der Waals surface area (Å²) in [5, 5.41) is 9.16. The number of aliphatic carboxylic acids is 1. The van der Waals surface area contributed by atoms with Crippen molar-refractivity contribution in [2.75, 3.05) is 4.90 Å². The topological polar surface area (TPSA) is 83.9 Å². The van der Waals surface area contributed by atoms with Gasteiger partial charge in [0.05, 0.1) is 5.69 Å². The van der Waals surface area contributed by atoms with Crippen molar-refractivity contribution in [1.29, 1.82) is 0 Å². The van der Waals surface area contributed by atoms with Crippen LogP contribution in [0, 0.1) is 0 Å². The molecule has 6 nitrogen and oxygen atoms in total. The molecule has 1 N–H and O–H groups in total. The lowest BCUT2D eigenvalue weighted by atomic mass is 10.0. The molecule has 0 aromatic heterocycles. The number of carboxylic acid groups (broad SMARTS) is 1. The Morgan fingerprint density at radius 3 is 2.65 bits per heavy atom. The van der Waals surface area contributed by atoms with Gasteiger partial charge in [-0.3, -0.25) is 14.5 Å². The first-order chi connectivity index (χ1) is 9.27. The number of nitrogens with zero attached hydrogens (tertiary/aromatic N) is 1. The van der Waals surface area contributed by atoms with E-state index in [1.807, 2.05) is 0 Å². The lowest BCUT2D eigenvalue weighted by Gasteiger charge is -2.40. The number of rotatable bonds is 3. The molecule has 106 valence electrons. The Bertz CT molecular complexity index is 593. The zero-order chi connectivity index (χ0) is 15.1.